The topological polar surface area (TPSA) is 41.1 Å². The zero-order chi connectivity index (χ0) is 12.6. The predicted octanol–water partition coefficient (Wildman–Crippen LogP) is 3.37. The van der Waals surface area contributed by atoms with Crippen LogP contribution in [0.3, 0.4) is 0 Å². The minimum Gasteiger partial charge on any atom is -0.382 e. The molecule has 0 saturated carbocycles. The van der Waals surface area contributed by atoms with Crippen LogP contribution < -0.4 is 10.6 Å². The average Bonchev–Trinajstić information content (AvgIpc) is 2.41. The van der Waals surface area contributed by atoms with E-state index in [2.05, 4.69) is 26.6 Å². The predicted molar refractivity (Wildman–Crippen MR) is 69.6 cm³/mol. The van der Waals surface area contributed by atoms with E-state index in [1.165, 1.54) is 6.07 Å². The van der Waals surface area contributed by atoms with E-state index in [1.807, 2.05) is 13.8 Å². The number of carbonyl (C=O) groups is 1. The molecule has 0 saturated heterocycles. The summed E-state index contributed by atoms with van der Waals surface area (Å²) < 4.78 is 13.8. The standard InChI is InChI=1S/C12H14BrFN2O/c1-3-12(2)6-15-9-4-7(13)8(14)5-10(9)16-11(12)17/h4-5,15H,3,6H2,1-2H3,(H,16,17). The molecule has 1 aromatic carbocycles. The second-order valence-electron chi connectivity index (χ2n) is 4.53. The van der Waals surface area contributed by atoms with Crippen LogP contribution in [0.4, 0.5) is 15.8 Å². The summed E-state index contributed by atoms with van der Waals surface area (Å²) in [4.78, 5) is 12.0. The average molecular weight is 301 g/mol. The van der Waals surface area contributed by atoms with Gasteiger partial charge in [-0.3, -0.25) is 4.79 Å². The van der Waals surface area contributed by atoms with E-state index < -0.39 is 5.41 Å². The van der Waals surface area contributed by atoms with Crippen molar-refractivity contribution < 1.29 is 9.18 Å². The van der Waals surface area contributed by atoms with Gasteiger partial charge in [0, 0.05) is 12.6 Å². The minimum atomic E-state index is -0.470. The van der Waals surface area contributed by atoms with E-state index >= 15 is 0 Å². The quantitative estimate of drug-likeness (QED) is 0.835. The van der Waals surface area contributed by atoms with Crippen LogP contribution in [0, 0.1) is 11.2 Å². The zero-order valence-electron chi connectivity index (χ0n) is 9.73. The lowest BCUT2D eigenvalue weighted by Gasteiger charge is -2.23. The highest BCUT2D eigenvalue weighted by Gasteiger charge is 2.34. The van der Waals surface area contributed by atoms with Gasteiger partial charge in [0.1, 0.15) is 5.82 Å². The Morgan fingerprint density at radius 3 is 2.82 bits per heavy atom. The molecular weight excluding hydrogens is 287 g/mol. The molecule has 0 aromatic heterocycles. The van der Waals surface area contributed by atoms with Gasteiger partial charge in [-0.25, -0.2) is 4.39 Å². The third-order valence-corrected chi connectivity index (χ3v) is 3.91. The van der Waals surface area contributed by atoms with E-state index in [-0.39, 0.29) is 11.7 Å². The van der Waals surface area contributed by atoms with Crippen LogP contribution in [0.1, 0.15) is 20.3 Å². The fourth-order valence-corrected chi connectivity index (χ4v) is 2.07. The number of rotatable bonds is 1. The van der Waals surface area contributed by atoms with Gasteiger partial charge in [0.2, 0.25) is 5.91 Å². The lowest BCUT2D eigenvalue weighted by Crippen LogP contribution is -2.36. The summed E-state index contributed by atoms with van der Waals surface area (Å²) in [6.07, 6.45) is 0.726. The number of hydrogen-bond donors (Lipinski definition) is 2. The molecule has 1 aromatic rings. The normalized spacial score (nSPS) is 23.4. The van der Waals surface area contributed by atoms with Crippen molar-refractivity contribution in [2.75, 3.05) is 17.2 Å². The number of benzene rings is 1. The maximum atomic E-state index is 13.4. The third-order valence-electron chi connectivity index (χ3n) is 3.31. The van der Waals surface area contributed by atoms with Crippen LogP contribution in [0.2, 0.25) is 0 Å². The lowest BCUT2D eigenvalue weighted by atomic mass is 9.86. The molecule has 0 radical (unpaired) electrons. The molecule has 1 aliphatic heterocycles. The largest absolute Gasteiger partial charge is 0.382 e. The van der Waals surface area contributed by atoms with Gasteiger partial charge in [-0.15, -0.1) is 0 Å². The number of carbonyl (C=O) groups excluding carboxylic acids is 1. The molecule has 0 fully saturated rings. The molecule has 1 amide bonds. The first-order valence-electron chi connectivity index (χ1n) is 5.50. The molecule has 0 bridgehead atoms. The molecule has 2 N–H and O–H groups in total. The van der Waals surface area contributed by atoms with Gasteiger partial charge in [0.25, 0.3) is 0 Å². The third kappa shape index (κ3) is 2.16. The Morgan fingerprint density at radius 1 is 1.47 bits per heavy atom. The first kappa shape index (κ1) is 12.4. The van der Waals surface area contributed by atoms with E-state index in [9.17, 15) is 9.18 Å². The fourth-order valence-electron chi connectivity index (χ4n) is 1.73. The zero-order valence-corrected chi connectivity index (χ0v) is 11.3. The van der Waals surface area contributed by atoms with Gasteiger partial charge in [-0.05, 0) is 35.3 Å². The second kappa shape index (κ2) is 4.29. The molecule has 1 heterocycles. The van der Waals surface area contributed by atoms with E-state index in [0.717, 1.165) is 12.1 Å². The Balaban J connectivity index is 2.42. The van der Waals surface area contributed by atoms with Gasteiger partial charge in [0.05, 0.1) is 21.3 Å². The van der Waals surface area contributed by atoms with Gasteiger partial charge in [-0.1, -0.05) is 6.92 Å². The lowest BCUT2D eigenvalue weighted by molar-refractivity contribution is -0.124. The highest BCUT2D eigenvalue weighted by molar-refractivity contribution is 9.10. The Labute approximate surface area is 108 Å². The van der Waals surface area contributed by atoms with Gasteiger partial charge in [0.15, 0.2) is 0 Å². The Bertz CT molecular complexity index is 478. The molecule has 3 nitrogen and oxygen atoms in total. The molecule has 17 heavy (non-hydrogen) atoms. The van der Waals surface area contributed by atoms with Crippen molar-refractivity contribution >= 4 is 33.2 Å². The van der Waals surface area contributed by atoms with Crippen molar-refractivity contribution in [2.24, 2.45) is 5.41 Å². The van der Waals surface area contributed by atoms with Gasteiger partial charge >= 0.3 is 0 Å². The van der Waals surface area contributed by atoms with Crippen LogP contribution in [0.15, 0.2) is 16.6 Å². The highest BCUT2D eigenvalue weighted by atomic mass is 79.9. The molecule has 0 aliphatic carbocycles. The number of hydrogen-bond acceptors (Lipinski definition) is 2. The van der Waals surface area contributed by atoms with Crippen molar-refractivity contribution in [3.8, 4) is 0 Å². The smallest absolute Gasteiger partial charge is 0.232 e. The molecule has 1 aliphatic rings. The van der Waals surface area contributed by atoms with Crippen LogP contribution in [0.5, 0.6) is 0 Å². The number of halogens is 2. The summed E-state index contributed by atoms with van der Waals surface area (Å²) >= 11 is 3.13. The summed E-state index contributed by atoms with van der Waals surface area (Å²) in [6, 6.07) is 2.97. The van der Waals surface area contributed by atoms with Gasteiger partial charge in [-0.2, -0.15) is 0 Å². The molecule has 1 unspecified atom stereocenters. The van der Waals surface area contributed by atoms with Crippen molar-refractivity contribution in [3.63, 3.8) is 0 Å². The summed E-state index contributed by atoms with van der Waals surface area (Å²) in [5.74, 6) is -0.459. The van der Waals surface area contributed by atoms with Crippen molar-refractivity contribution in [1.29, 1.82) is 0 Å². The van der Waals surface area contributed by atoms with Crippen LogP contribution in [0.25, 0.3) is 0 Å². The highest BCUT2D eigenvalue weighted by Crippen LogP contribution is 2.35. The van der Waals surface area contributed by atoms with E-state index in [4.69, 9.17) is 0 Å². The first-order chi connectivity index (χ1) is 7.96. The Hall–Kier alpha value is -1.10. The van der Waals surface area contributed by atoms with E-state index in [1.54, 1.807) is 6.07 Å². The minimum absolute atomic E-state index is 0.0760. The summed E-state index contributed by atoms with van der Waals surface area (Å²) in [7, 11) is 0. The number of anilines is 2. The van der Waals surface area contributed by atoms with Crippen LogP contribution in [-0.4, -0.2) is 12.5 Å². The molecular formula is C12H14BrFN2O. The number of amides is 1. The molecule has 5 heteroatoms. The summed E-state index contributed by atoms with van der Waals surface area (Å²) in [5.41, 5.74) is 0.763. The maximum absolute atomic E-state index is 13.4. The monoisotopic (exact) mass is 300 g/mol. The number of nitrogens with one attached hydrogen (secondary N) is 2. The van der Waals surface area contributed by atoms with Crippen molar-refractivity contribution in [3.05, 3.63) is 22.4 Å². The Morgan fingerprint density at radius 2 is 2.18 bits per heavy atom. The molecule has 2 rings (SSSR count). The second-order valence-corrected chi connectivity index (χ2v) is 5.39. The van der Waals surface area contributed by atoms with Crippen LogP contribution in [-0.2, 0) is 4.79 Å². The molecule has 1 atom stereocenters. The van der Waals surface area contributed by atoms with Crippen LogP contribution >= 0.6 is 15.9 Å². The summed E-state index contributed by atoms with van der Waals surface area (Å²) in [5, 5.41) is 5.95. The fraction of sp³-hybridized carbons (Fsp3) is 0.417. The molecule has 0 spiro atoms. The Kier molecular flexibility index (Phi) is 3.12. The number of fused-ring (bicyclic) bond motifs is 1. The van der Waals surface area contributed by atoms with E-state index in [0.29, 0.717) is 16.7 Å². The SMILES string of the molecule is CCC1(C)CNc2cc(Br)c(F)cc2NC1=O. The maximum Gasteiger partial charge on any atom is 0.232 e. The van der Waals surface area contributed by atoms with Crippen molar-refractivity contribution in [1.82, 2.24) is 0 Å². The first-order valence-corrected chi connectivity index (χ1v) is 6.30. The molecule has 92 valence electrons. The summed E-state index contributed by atoms with van der Waals surface area (Å²) in [6.45, 7) is 4.40. The van der Waals surface area contributed by atoms with Crippen molar-refractivity contribution in [2.45, 2.75) is 20.3 Å². The van der Waals surface area contributed by atoms with Gasteiger partial charge < -0.3 is 10.6 Å².